The standard InChI is InChI=1S/C8H15IO3/c1-3-4-5-11-8(10)12-7(2)6-9/h7H,3-6H2,1-2H3. The first-order valence-electron chi connectivity index (χ1n) is 4.10. The summed E-state index contributed by atoms with van der Waals surface area (Å²) >= 11 is 2.16. The van der Waals surface area contributed by atoms with E-state index in [0.717, 1.165) is 17.3 Å². The first-order valence-corrected chi connectivity index (χ1v) is 5.62. The van der Waals surface area contributed by atoms with Crippen LogP contribution < -0.4 is 0 Å². The molecule has 0 N–H and O–H groups in total. The van der Waals surface area contributed by atoms with Gasteiger partial charge >= 0.3 is 6.16 Å². The smallest absolute Gasteiger partial charge is 0.434 e. The highest BCUT2D eigenvalue weighted by molar-refractivity contribution is 14.1. The van der Waals surface area contributed by atoms with E-state index in [1.165, 1.54) is 0 Å². The normalized spacial score (nSPS) is 12.2. The van der Waals surface area contributed by atoms with Gasteiger partial charge in [-0.15, -0.1) is 0 Å². The van der Waals surface area contributed by atoms with Crippen molar-refractivity contribution in [3.05, 3.63) is 0 Å². The van der Waals surface area contributed by atoms with Crippen LogP contribution in [0.15, 0.2) is 0 Å². The lowest BCUT2D eigenvalue weighted by atomic mass is 10.4. The van der Waals surface area contributed by atoms with Gasteiger partial charge in [-0.1, -0.05) is 35.9 Å². The van der Waals surface area contributed by atoms with Crippen molar-refractivity contribution in [2.75, 3.05) is 11.0 Å². The van der Waals surface area contributed by atoms with Gasteiger partial charge in [0.1, 0.15) is 6.10 Å². The molecule has 0 saturated carbocycles. The molecule has 0 saturated heterocycles. The molecule has 72 valence electrons. The summed E-state index contributed by atoms with van der Waals surface area (Å²) in [7, 11) is 0. The van der Waals surface area contributed by atoms with Crippen molar-refractivity contribution in [2.45, 2.75) is 32.8 Å². The fraction of sp³-hybridized carbons (Fsp3) is 0.875. The lowest BCUT2D eigenvalue weighted by molar-refractivity contribution is 0.0359. The summed E-state index contributed by atoms with van der Waals surface area (Å²) in [5.41, 5.74) is 0. The van der Waals surface area contributed by atoms with Crippen LogP contribution in [0.2, 0.25) is 0 Å². The van der Waals surface area contributed by atoms with E-state index < -0.39 is 6.16 Å². The van der Waals surface area contributed by atoms with E-state index in [-0.39, 0.29) is 6.10 Å². The number of hydrogen-bond acceptors (Lipinski definition) is 3. The predicted octanol–water partition coefficient (Wildman–Crippen LogP) is 2.76. The van der Waals surface area contributed by atoms with Crippen LogP contribution in [0.25, 0.3) is 0 Å². The van der Waals surface area contributed by atoms with E-state index >= 15 is 0 Å². The summed E-state index contributed by atoms with van der Waals surface area (Å²) in [4.78, 5) is 10.8. The van der Waals surface area contributed by atoms with Crippen molar-refractivity contribution in [2.24, 2.45) is 0 Å². The summed E-state index contributed by atoms with van der Waals surface area (Å²) in [5, 5.41) is 0. The van der Waals surface area contributed by atoms with Crippen molar-refractivity contribution in [3.8, 4) is 0 Å². The van der Waals surface area contributed by atoms with Gasteiger partial charge < -0.3 is 9.47 Å². The van der Waals surface area contributed by atoms with E-state index in [1.807, 2.05) is 13.8 Å². The molecule has 0 aliphatic rings. The Balaban J connectivity index is 3.33. The van der Waals surface area contributed by atoms with E-state index in [0.29, 0.717) is 6.61 Å². The van der Waals surface area contributed by atoms with Crippen molar-refractivity contribution >= 4 is 28.7 Å². The molecule has 3 nitrogen and oxygen atoms in total. The van der Waals surface area contributed by atoms with Crippen molar-refractivity contribution in [3.63, 3.8) is 0 Å². The molecule has 0 rings (SSSR count). The molecule has 0 aromatic heterocycles. The third-order valence-corrected chi connectivity index (χ3v) is 2.47. The van der Waals surface area contributed by atoms with Gasteiger partial charge in [0.05, 0.1) is 6.61 Å². The third kappa shape index (κ3) is 6.69. The maximum absolute atomic E-state index is 10.8. The second-order valence-corrected chi connectivity index (χ2v) is 3.42. The van der Waals surface area contributed by atoms with Crippen LogP contribution in [0.4, 0.5) is 4.79 Å². The zero-order chi connectivity index (χ0) is 9.40. The van der Waals surface area contributed by atoms with Crippen molar-refractivity contribution in [1.82, 2.24) is 0 Å². The molecule has 1 atom stereocenters. The summed E-state index contributed by atoms with van der Waals surface area (Å²) in [6, 6.07) is 0. The highest BCUT2D eigenvalue weighted by Gasteiger charge is 2.07. The molecule has 0 amide bonds. The molecule has 0 aliphatic carbocycles. The molecular weight excluding hydrogens is 271 g/mol. The number of carbonyl (C=O) groups is 1. The van der Waals surface area contributed by atoms with Crippen LogP contribution in [0.5, 0.6) is 0 Å². The Kier molecular flexibility index (Phi) is 7.64. The molecule has 12 heavy (non-hydrogen) atoms. The monoisotopic (exact) mass is 286 g/mol. The second-order valence-electron chi connectivity index (χ2n) is 2.53. The quantitative estimate of drug-likeness (QED) is 0.337. The first-order chi connectivity index (χ1) is 5.70. The van der Waals surface area contributed by atoms with Crippen LogP contribution in [0, 0.1) is 0 Å². The highest BCUT2D eigenvalue weighted by atomic mass is 127. The SMILES string of the molecule is CCCCOC(=O)OC(C)CI. The summed E-state index contributed by atoms with van der Waals surface area (Å²) in [6.07, 6.45) is 1.32. The Hall–Kier alpha value is 0. The van der Waals surface area contributed by atoms with E-state index in [1.54, 1.807) is 0 Å². The van der Waals surface area contributed by atoms with Crippen molar-refractivity contribution < 1.29 is 14.3 Å². The van der Waals surface area contributed by atoms with Gasteiger partial charge in [-0.25, -0.2) is 4.79 Å². The van der Waals surface area contributed by atoms with Crippen LogP contribution in [-0.2, 0) is 9.47 Å². The number of halogens is 1. The first kappa shape index (κ1) is 12.0. The van der Waals surface area contributed by atoms with Crippen LogP contribution in [0.1, 0.15) is 26.7 Å². The Bertz CT molecular complexity index is 127. The third-order valence-electron chi connectivity index (χ3n) is 1.23. The number of alkyl halides is 1. The summed E-state index contributed by atoms with van der Waals surface area (Å²) in [6.45, 7) is 4.35. The molecule has 0 aromatic carbocycles. The maximum Gasteiger partial charge on any atom is 0.508 e. The minimum atomic E-state index is -0.549. The molecule has 0 aromatic rings. The van der Waals surface area contributed by atoms with Gasteiger partial charge in [0.25, 0.3) is 0 Å². The van der Waals surface area contributed by atoms with E-state index in [9.17, 15) is 4.79 Å². The van der Waals surface area contributed by atoms with Gasteiger partial charge in [-0.2, -0.15) is 0 Å². The molecule has 0 spiro atoms. The molecule has 1 unspecified atom stereocenters. The van der Waals surface area contributed by atoms with Crippen LogP contribution in [0.3, 0.4) is 0 Å². The van der Waals surface area contributed by atoms with Crippen LogP contribution >= 0.6 is 22.6 Å². The predicted molar refractivity (Wildman–Crippen MR) is 55.7 cm³/mol. The molecule has 0 bridgehead atoms. The molecule has 0 fully saturated rings. The number of rotatable bonds is 5. The molecule has 0 heterocycles. The van der Waals surface area contributed by atoms with E-state index in [2.05, 4.69) is 22.6 Å². The highest BCUT2D eigenvalue weighted by Crippen LogP contribution is 1.99. The fourth-order valence-corrected chi connectivity index (χ4v) is 0.709. The Morgan fingerprint density at radius 3 is 2.75 bits per heavy atom. The zero-order valence-corrected chi connectivity index (χ0v) is 9.67. The molecule has 4 heteroatoms. The molecule has 0 aliphatic heterocycles. The molecule has 0 radical (unpaired) electrons. The number of ether oxygens (including phenoxy) is 2. The minimum absolute atomic E-state index is 0.0558. The Morgan fingerprint density at radius 2 is 2.25 bits per heavy atom. The lowest BCUT2D eigenvalue weighted by Gasteiger charge is -2.09. The largest absolute Gasteiger partial charge is 0.508 e. The van der Waals surface area contributed by atoms with Crippen LogP contribution in [-0.4, -0.2) is 23.3 Å². The number of carbonyl (C=O) groups excluding carboxylic acids is 1. The minimum Gasteiger partial charge on any atom is -0.434 e. The molecular formula is C8H15IO3. The van der Waals surface area contributed by atoms with Gasteiger partial charge in [-0.3, -0.25) is 0 Å². The van der Waals surface area contributed by atoms with Gasteiger partial charge in [0.2, 0.25) is 0 Å². The average Bonchev–Trinajstić information content (AvgIpc) is 2.05. The summed E-state index contributed by atoms with van der Waals surface area (Å²) in [5.74, 6) is 0. The van der Waals surface area contributed by atoms with Gasteiger partial charge in [-0.05, 0) is 13.3 Å². The van der Waals surface area contributed by atoms with Gasteiger partial charge in [0, 0.05) is 4.43 Å². The second kappa shape index (κ2) is 7.64. The fourth-order valence-electron chi connectivity index (χ4n) is 0.530. The van der Waals surface area contributed by atoms with E-state index in [4.69, 9.17) is 9.47 Å². The average molecular weight is 286 g/mol. The zero-order valence-electron chi connectivity index (χ0n) is 7.51. The topological polar surface area (TPSA) is 35.5 Å². The number of hydrogen-bond donors (Lipinski definition) is 0. The lowest BCUT2D eigenvalue weighted by Crippen LogP contribution is -2.17. The Labute approximate surface area is 86.9 Å². The summed E-state index contributed by atoms with van der Waals surface area (Å²) < 4.78 is 10.5. The number of unbranched alkanes of at least 4 members (excludes halogenated alkanes) is 1. The van der Waals surface area contributed by atoms with Gasteiger partial charge in [0.15, 0.2) is 0 Å². The Morgan fingerprint density at radius 1 is 1.58 bits per heavy atom. The van der Waals surface area contributed by atoms with Crippen molar-refractivity contribution in [1.29, 1.82) is 0 Å². The maximum atomic E-state index is 10.8.